The van der Waals surface area contributed by atoms with Crippen LogP contribution in [0.1, 0.15) is 50.7 Å². The molecule has 0 saturated heterocycles. The Morgan fingerprint density at radius 3 is 2.24 bits per heavy atom. The van der Waals surface area contributed by atoms with Gasteiger partial charge in [0, 0.05) is 19.5 Å². The molecule has 0 spiro atoms. The van der Waals surface area contributed by atoms with Crippen LogP contribution >= 0.6 is 0 Å². The van der Waals surface area contributed by atoms with Crippen LogP contribution in [-0.4, -0.2) is 38.4 Å². The van der Waals surface area contributed by atoms with E-state index in [9.17, 15) is 13.2 Å². The van der Waals surface area contributed by atoms with Crippen LogP contribution in [0.15, 0.2) is 71.6 Å². The van der Waals surface area contributed by atoms with Crippen LogP contribution in [0.3, 0.4) is 0 Å². The van der Waals surface area contributed by atoms with Gasteiger partial charge in [-0.2, -0.15) is 4.31 Å². The first kappa shape index (κ1) is 25.5. The monoisotopic (exact) mass is 519 g/mol. The summed E-state index contributed by atoms with van der Waals surface area (Å²) in [5, 5.41) is 0. The van der Waals surface area contributed by atoms with Gasteiger partial charge in [0.15, 0.2) is 11.5 Å². The van der Waals surface area contributed by atoms with Crippen molar-refractivity contribution in [2.75, 3.05) is 19.9 Å². The lowest BCUT2D eigenvalue weighted by molar-refractivity contribution is -0.120. The van der Waals surface area contributed by atoms with Crippen LogP contribution in [0.25, 0.3) is 11.1 Å². The van der Waals surface area contributed by atoms with Gasteiger partial charge in [-0.15, -0.1) is 0 Å². The summed E-state index contributed by atoms with van der Waals surface area (Å²) in [6.07, 6.45) is 3.58. The molecule has 0 atom stereocenters. The molecule has 2 aliphatic rings. The van der Waals surface area contributed by atoms with Gasteiger partial charge in [-0.25, -0.2) is 8.42 Å². The standard InChI is InChI=1S/C30H33NO5S/c1-3-16-31(17-4-2)37(33,34)26-11-8-23(9-12-26)24-7-5-6-22(18-24)19-29(32)30(14-15-30)25-10-13-27-28(20-25)36-21-35-27/h5-13,18,20H,3-4,14-17,19,21H2,1-2H3. The number of hydrogen-bond acceptors (Lipinski definition) is 5. The molecule has 1 aliphatic carbocycles. The van der Waals surface area contributed by atoms with Gasteiger partial charge in [-0.3, -0.25) is 4.79 Å². The summed E-state index contributed by atoms with van der Waals surface area (Å²) in [5.74, 6) is 1.63. The van der Waals surface area contributed by atoms with Gasteiger partial charge in [-0.1, -0.05) is 56.3 Å². The molecule has 0 bridgehead atoms. The molecule has 7 heteroatoms. The second-order valence-corrected chi connectivity index (χ2v) is 11.8. The normalized spacial score (nSPS) is 15.6. The van der Waals surface area contributed by atoms with Crippen LogP contribution in [0.2, 0.25) is 0 Å². The van der Waals surface area contributed by atoms with Crippen LogP contribution in [0, 0.1) is 0 Å². The third kappa shape index (κ3) is 5.03. The number of carbonyl (C=O) groups is 1. The summed E-state index contributed by atoms with van der Waals surface area (Å²) in [4.78, 5) is 13.7. The largest absolute Gasteiger partial charge is 0.454 e. The molecular weight excluding hydrogens is 486 g/mol. The van der Waals surface area contributed by atoms with E-state index >= 15 is 0 Å². The van der Waals surface area contributed by atoms with E-state index in [1.54, 1.807) is 16.4 Å². The number of ketones is 1. The van der Waals surface area contributed by atoms with Crippen molar-refractivity contribution in [2.45, 2.75) is 56.3 Å². The average Bonchev–Trinajstić information content (AvgIpc) is 3.59. The van der Waals surface area contributed by atoms with Gasteiger partial charge in [0.25, 0.3) is 0 Å². The molecule has 0 amide bonds. The Morgan fingerprint density at radius 1 is 0.865 bits per heavy atom. The van der Waals surface area contributed by atoms with Gasteiger partial charge in [-0.05, 0) is 72.2 Å². The number of rotatable bonds is 11. The molecule has 3 aromatic carbocycles. The van der Waals surface area contributed by atoms with Gasteiger partial charge in [0.1, 0.15) is 5.78 Å². The summed E-state index contributed by atoms with van der Waals surface area (Å²) in [6, 6.07) is 20.8. The van der Waals surface area contributed by atoms with Crippen LogP contribution < -0.4 is 9.47 Å². The molecule has 1 aliphatic heterocycles. The Balaban J connectivity index is 1.32. The quantitative estimate of drug-likeness (QED) is 0.323. The van der Waals surface area contributed by atoms with Crippen LogP contribution in [0.5, 0.6) is 11.5 Å². The maximum Gasteiger partial charge on any atom is 0.243 e. The highest BCUT2D eigenvalue weighted by Crippen LogP contribution is 2.51. The minimum Gasteiger partial charge on any atom is -0.454 e. The lowest BCUT2D eigenvalue weighted by atomic mass is 9.87. The number of sulfonamides is 1. The predicted molar refractivity (Wildman–Crippen MR) is 143 cm³/mol. The highest BCUT2D eigenvalue weighted by Gasteiger charge is 2.50. The summed E-state index contributed by atoms with van der Waals surface area (Å²) < 4.78 is 38.7. The smallest absolute Gasteiger partial charge is 0.243 e. The number of Topliss-reactive ketones (excluding diaryl/α,β-unsaturated/α-hetero) is 1. The molecule has 0 radical (unpaired) electrons. The number of ether oxygens (including phenoxy) is 2. The number of nitrogens with zero attached hydrogens (tertiary/aromatic N) is 1. The lowest BCUT2D eigenvalue weighted by Crippen LogP contribution is -2.32. The zero-order chi connectivity index (χ0) is 26.0. The van der Waals surface area contributed by atoms with E-state index in [1.807, 2.05) is 68.4 Å². The molecule has 3 aromatic rings. The second kappa shape index (κ2) is 10.3. The zero-order valence-corrected chi connectivity index (χ0v) is 22.2. The molecule has 5 rings (SSSR count). The molecule has 0 aromatic heterocycles. The van der Waals surface area contributed by atoms with E-state index in [1.165, 1.54) is 0 Å². The Labute approximate surface area is 219 Å². The molecular formula is C30H33NO5S. The molecule has 1 saturated carbocycles. The Bertz CT molecular complexity index is 1390. The Kier molecular flexibility index (Phi) is 7.10. The Morgan fingerprint density at radius 2 is 1.57 bits per heavy atom. The fourth-order valence-electron chi connectivity index (χ4n) is 5.08. The molecule has 194 valence electrons. The summed E-state index contributed by atoms with van der Waals surface area (Å²) in [6.45, 7) is 5.22. The minimum atomic E-state index is -3.52. The van der Waals surface area contributed by atoms with Crippen molar-refractivity contribution in [1.29, 1.82) is 0 Å². The van der Waals surface area contributed by atoms with Crippen molar-refractivity contribution in [2.24, 2.45) is 0 Å². The molecule has 6 nitrogen and oxygen atoms in total. The van der Waals surface area contributed by atoms with Crippen molar-refractivity contribution < 1.29 is 22.7 Å². The molecule has 0 unspecified atom stereocenters. The number of carbonyl (C=O) groups excluding carboxylic acids is 1. The highest BCUT2D eigenvalue weighted by molar-refractivity contribution is 7.89. The van der Waals surface area contributed by atoms with Gasteiger partial charge in [0.05, 0.1) is 10.3 Å². The van der Waals surface area contributed by atoms with Crippen molar-refractivity contribution in [3.8, 4) is 22.6 Å². The third-order valence-corrected chi connectivity index (χ3v) is 9.18. The van der Waals surface area contributed by atoms with E-state index in [2.05, 4.69) is 0 Å². The maximum absolute atomic E-state index is 13.4. The minimum absolute atomic E-state index is 0.205. The summed E-state index contributed by atoms with van der Waals surface area (Å²) in [5.41, 5.74) is 3.37. The van der Waals surface area contributed by atoms with E-state index in [0.29, 0.717) is 30.2 Å². The lowest BCUT2D eigenvalue weighted by Gasteiger charge is -2.21. The molecule has 1 fully saturated rings. The average molecular weight is 520 g/mol. The Hall–Kier alpha value is -3.16. The van der Waals surface area contributed by atoms with Crippen molar-refractivity contribution >= 4 is 15.8 Å². The van der Waals surface area contributed by atoms with Crippen LogP contribution in [0.4, 0.5) is 0 Å². The first-order valence-electron chi connectivity index (χ1n) is 13.0. The van der Waals surface area contributed by atoms with Crippen LogP contribution in [-0.2, 0) is 26.7 Å². The molecule has 1 heterocycles. The summed E-state index contributed by atoms with van der Waals surface area (Å²) >= 11 is 0. The topological polar surface area (TPSA) is 72.9 Å². The fraction of sp³-hybridized carbons (Fsp3) is 0.367. The van der Waals surface area contributed by atoms with Crippen molar-refractivity contribution in [3.63, 3.8) is 0 Å². The number of hydrogen-bond donors (Lipinski definition) is 0. The number of benzene rings is 3. The predicted octanol–water partition coefficient (Wildman–Crippen LogP) is 5.74. The van der Waals surface area contributed by atoms with Gasteiger partial charge in [0.2, 0.25) is 16.8 Å². The second-order valence-electron chi connectivity index (χ2n) is 9.88. The molecule has 37 heavy (non-hydrogen) atoms. The van der Waals surface area contributed by atoms with Gasteiger partial charge < -0.3 is 9.47 Å². The molecule has 0 N–H and O–H groups in total. The van der Waals surface area contributed by atoms with Crippen molar-refractivity contribution in [3.05, 3.63) is 77.9 Å². The van der Waals surface area contributed by atoms with E-state index < -0.39 is 15.4 Å². The third-order valence-electron chi connectivity index (χ3n) is 7.27. The first-order chi connectivity index (χ1) is 17.9. The van der Waals surface area contributed by atoms with E-state index in [-0.39, 0.29) is 12.6 Å². The SMILES string of the molecule is CCCN(CCC)S(=O)(=O)c1ccc(-c2cccc(CC(=O)C3(c4ccc5c(c4)OCO5)CC3)c2)cc1. The highest BCUT2D eigenvalue weighted by atomic mass is 32.2. The zero-order valence-electron chi connectivity index (χ0n) is 21.4. The maximum atomic E-state index is 13.4. The summed E-state index contributed by atoms with van der Waals surface area (Å²) in [7, 11) is -3.52. The fourth-order valence-corrected chi connectivity index (χ4v) is 6.71. The first-order valence-corrected chi connectivity index (χ1v) is 14.4. The van der Waals surface area contributed by atoms with E-state index in [4.69, 9.17) is 9.47 Å². The van der Waals surface area contributed by atoms with E-state index in [0.717, 1.165) is 53.7 Å². The number of fused-ring (bicyclic) bond motifs is 1. The van der Waals surface area contributed by atoms with Crippen molar-refractivity contribution in [1.82, 2.24) is 4.31 Å². The van der Waals surface area contributed by atoms with Gasteiger partial charge >= 0.3 is 0 Å².